The van der Waals surface area contributed by atoms with Crippen LogP contribution in [0.2, 0.25) is 5.02 Å². The lowest BCUT2D eigenvalue weighted by atomic mass is 9.83. The molecule has 2 aliphatic rings. The predicted molar refractivity (Wildman–Crippen MR) is 105 cm³/mol. The minimum Gasteiger partial charge on any atom is -0.492 e. The van der Waals surface area contributed by atoms with Gasteiger partial charge in [-0.15, -0.1) is 0 Å². The Morgan fingerprint density at radius 3 is 2.58 bits per heavy atom. The fourth-order valence-corrected chi connectivity index (χ4v) is 3.97. The van der Waals surface area contributed by atoms with Gasteiger partial charge in [0.1, 0.15) is 17.4 Å². The minimum absolute atomic E-state index is 0.151. The van der Waals surface area contributed by atoms with E-state index in [9.17, 15) is 22.4 Å². The first-order valence-electron chi connectivity index (χ1n) is 9.65. The van der Waals surface area contributed by atoms with E-state index in [1.165, 1.54) is 18.2 Å². The van der Waals surface area contributed by atoms with E-state index >= 15 is 0 Å². The van der Waals surface area contributed by atoms with Crippen LogP contribution in [-0.4, -0.2) is 35.8 Å². The summed E-state index contributed by atoms with van der Waals surface area (Å²) in [6.45, 7) is 2.90. The van der Waals surface area contributed by atoms with E-state index in [0.29, 0.717) is 24.4 Å². The van der Waals surface area contributed by atoms with Crippen LogP contribution >= 0.6 is 11.6 Å². The fourth-order valence-electron chi connectivity index (χ4n) is 3.76. The fraction of sp³-hybridized carbons (Fsp3) is 0.429. The predicted octanol–water partition coefficient (Wildman–Crippen LogP) is 5.37. The molecule has 1 saturated heterocycles. The van der Waals surface area contributed by atoms with Crippen LogP contribution in [0.25, 0.3) is 0 Å². The van der Waals surface area contributed by atoms with Gasteiger partial charge in [-0.05, 0) is 42.5 Å². The number of hydrogen-bond acceptors (Lipinski definition) is 4. The molecule has 2 heterocycles. The summed E-state index contributed by atoms with van der Waals surface area (Å²) in [6, 6.07) is 5.04. The molecule has 0 spiro atoms. The van der Waals surface area contributed by atoms with Crippen molar-refractivity contribution in [2.24, 2.45) is 5.41 Å². The zero-order valence-corrected chi connectivity index (χ0v) is 17.2. The van der Waals surface area contributed by atoms with Crippen LogP contribution in [0, 0.1) is 11.2 Å². The summed E-state index contributed by atoms with van der Waals surface area (Å²) in [5.74, 6) is -1.56. The number of anilines is 1. The number of halogens is 5. The Hall–Kier alpha value is -2.55. The van der Waals surface area contributed by atoms with Gasteiger partial charge in [0, 0.05) is 24.6 Å². The number of carboxylic acid groups (broad SMARTS) is 1. The molecular formula is C21H19ClF4N2O3. The molecular weight excluding hydrogens is 440 g/mol. The van der Waals surface area contributed by atoms with Gasteiger partial charge in [-0.3, -0.25) is 0 Å². The summed E-state index contributed by atoms with van der Waals surface area (Å²) < 4.78 is 59.1. The third kappa shape index (κ3) is 4.42. The monoisotopic (exact) mass is 458 g/mol. The van der Waals surface area contributed by atoms with Crippen molar-refractivity contribution in [1.29, 1.82) is 0 Å². The van der Waals surface area contributed by atoms with Crippen LogP contribution in [0.5, 0.6) is 5.75 Å². The summed E-state index contributed by atoms with van der Waals surface area (Å²) in [5, 5.41) is 8.69. The van der Waals surface area contributed by atoms with E-state index in [1.807, 2.05) is 6.92 Å². The lowest BCUT2D eigenvalue weighted by Crippen LogP contribution is -2.58. The van der Waals surface area contributed by atoms with Crippen molar-refractivity contribution in [3.8, 4) is 5.75 Å². The van der Waals surface area contributed by atoms with Gasteiger partial charge in [0.15, 0.2) is 5.69 Å². The summed E-state index contributed by atoms with van der Waals surface area (Å²) >= 11 is 5.62. The number of rotatable bonds is 6. The molecule has 2 aromatic rings. The van der Waals surface area contributed by atoms with Crippen molar-refractivity contribution in [2.45, 2.75) is 31.9 Å². The van der Waals surface area contributed by atoms with Crippen molar-refractivity contribution in [1.82, 2.24) is 4.98 Å². The van der Waals surface area contributed by atoms with Crippen molar-refractivity contribution < 1.29 is 32.2 Å². The molecule has 1 aliphatic carbocycles. The SMILES string of the molecule is CC1(COc2cc(F)c(C(=O)O)cc2C2CC2)CN(c2ccc(Cl)c(C(F)(F)F)n2)C1. The topological polar surface area (TPSA) is 62.7 Å². The Morgan fingerprint density at radius 2 is 2.00 bits per heavy atom. The molecule has 0 bridgehead atoms. The third-order valence-electron chi connectivity index (χ3n) is 5.49. The van der Waals surface area contributed by atoms with E-state index in [2.05, 4.69) is 4.98 Å². The number of aromatic nitrogens is 1. The Bertz CT molecular complexity index is 1030. The number of nitrogens with zero attached hydrogens (tertiary/aromatic N) is 2. The number of aromatic carboxylic acids is 1. The summed E-state index contributed by atoms with van der Waals surface area (Å²) in [7, 11) is 0. The number of carbonyl (C=O) groups is 1. The molecule has 0 atom stereocenters. The van der Waals surface area contributed by atoms with E-state index < -0.39 is 28.7 Å². The number of benzene rings is 1. The molecule has 1 N–H and O–H groups in total. The van der Waals surface area contributed by atoms with E-state index in [-0.39, 0.29) is 29.3 Å². The first kappa shape index (κ1) is 21.7. The van der Waals surface area contributed by atoms with Crippen LogP contribution in [0.3, 0.4) is 0 Å². The van der Waals surface area contributed by atoms with Gasteiger partial charge in [-0.2, -0.15) is 13.2 Å². The molecule has 1 aromatic heterocycles. The summed E-state index contributed by atoms with van der Waals surface area (Å²) in [4.78, 5) is 16.5. The second-order valence-electron chi connectivity index (χ2n) is 8.40. The van der Waals surface area contributed by atoms with Crippen molar-refractivity contribution in [2.75, 3.05) is 24.6 Å². The van der Waals surface area contributed by atoms with Crippen LogP contribution in [0.15, 0.2) is 24.3 Å². The van der Waals surface area contributed by atoms with Crippen LogP contribution in [0.4, 0.5) is 23.4 Å². The zero-order chi connectivity index (χ0) is 22.6. The highest BCUT2D eigenvalue weighted by Gasteiger charge is 2.42. The van der Waals surface area contributed by atoms with Crippen molar-refractivity contribution >= 4 is 23.4 Å². The van der Waals surface area contributed by atoms with Crippen LogP contribution in [-0.2, 0) is 6.18 Å². The Balaban J connectivity index is 1.45. The van der Waals surface area contributed by atoms with E-state index in [4.69, 9.17) is 21.4 Å². The Morgan fingerprint density at radius 1 is 1.32 bits per heavy atom. The average Bonchev–Trinajstić information content (AvgIpc) is 3.48. The number of pyridine rings is 1. The van der Waals surface area contributed by atoms with Gasteiger partial charge in [0.25, 0.3) is 0 Å². The molecule has 4 rings (SSSR count). The van der Waals surface area contributed by atoms with Crippen LogP contribution < -0.4 is 9.64 Å². The molecule has 0 unspecified atom stereocenters. The lowest BCUT2D eigenvalue weighted by Gasteiger charge is -2.48. The van der Waals surface area contributed by atoms with Gasteiger partial charge in [0.2, 0.25) is 0 Å². The molecule has 2 fully saturated rings. The zero-order valence-electron chi connectivity index (χ0n) is 16.5. The number of carboxylic acids is 1. The molecule has 5 nitrogen and oxygen atoms in total. The number of alkyl halides is 3. The molecule has 1 aromatic carbocycles. The van der Waals surface area contributed by atoms with Gasteiger partial charge in [-0.1, -0.05) is 18.5 Å². The van der Waals surface area contributed by atoms with Gasteiger partial charge < -0.3 is 14.7 Å². The Labute approximate surface area is 180 Å². The molecule has 1 aliphatic heterocycles. The summed E-state index contributed by atoms with van der Waals surface area (Å²) in [6.07, 6.45) is -2.87. The van der Waals surface area contributed by atoms with Gasteiger partial charge in [0.05, 0.1) is 17.2 Å². The molecule has 10 heteroatoms. The maximum atomic E-state index is 14.2. The first-order chi connectivity index (χ1) is 14.5. The standard InChI is InChI=1S/C21H19ClF4N2O3/c1-20(8-28(9-20)17-5-4-14(22)18(27-17)21(24,25)26)10-31-16-7-15(23)13(19(29)30)6-12(16)11-2-3-11/h4-7,11H,2-3,8-10H2,1H3,(H,29,30). The van der Waals surface area contributed by atoms with Crippen molar-refractivity contribution in [3.05, 3.63) is 51.9 Å². The summed E-state index contributed by atoms with van der Waals surface area (Å²) in [5.41, 5.74) is -1.22. The number of ether oxygens (including phenoxy) is 1. The second kappa shape index (κ2) is 7.55. The second-order valence-corrected chi connectivity index (χ2v) is 8.81. The van der Waals surface area contributed by atoms with Gasteiger partial charge >= 0.3 is 12.1 Å². The normalized spacial score (nSPS) is 17.9. The molecule has 31 heavy (non-hydrogen) atoms. The lowest BCUT2D eigenvalue weighted by molar-refractivity contribution is -0.141. The minimum atomic E-state index is -4.64. The maximum Gasteiger partial charge on any atom is 0.434 e. The smallest absolute Gasteiger partial charge is 0.434 e. The third-order valence-corrected chi connectivity index (χ3v) is 5.80. The number of hydrogen-bond donors (Lipinski definition) is 1. The van der Waals surface area contributed by atoms with E-state index in [0.717, 1.165) is 18.9 Å². The van der Waals surface area contributed by atoms with Crippen molar-refractivity contribution in [3.63, 3.8) is 0 Å². The highest BCUT2D eigenvalue weighted by Crippen LogP contribution is 2.46. The van der Waals surface area contributed by atoms with Crippen LogP contribution in [0.1, 0.15) is 47.3 Å². The Kier molecular flexibility index (Phi) is 5.28. The van der Waals surface area contributed by atoms with E-state index in [1.54, 1.807) is 4.90 Å². The van der Waals surface area contributed by atoms with Gasteiger partial charge in [-0.25, -0.2) is 14.2 Å². The maximum absolute atomic E-state index is 14.2. The molecule has 0 amide bonds. The average molecular weight is 459 g/mol. The highest BCUT2D eigenvalue weighted by molar-refractivity contribution is 6.31. The first-order valence-corrected chi connectivity index (χ1v) is 10.0. The quantitative estimate of drug-likeness (QED) is 0.589. The molecule has 0 radical (unpaired) electrons. The largest absolute Gasteiger partial charge is 0.492 e. The molecule has 166 valence electrons. The highest BCUT2D eigenvalue weighted by atomic mass is 35.5. The molecule has 1 saturated carbocycles.